The van der Waals surface area contributed by atoms with Crippen molar-refractivity contribution in [1.29, 1.82) is 5.26 Å². The molecule has 2 rings (SSSR count). The van der Waals surface area contributed by atoms with Crippen molar-refractivity contribution in [3.63, 3.8) is 0 Å². The first-order valence-corrected chi connectivity index (χ1v) is 4.17. The second-order valence-corrected chi connectivity index (χ2v) is 2.88. The Morgan fingerprint density at radius 2 is 2.21 bits per heavy atom. The minimum atomic E-state index is 0.171. The minimum Gasteiger partial charge on any atom is -0.453 e. The van der Waals surface area contributed by atoms with E-state index in [0.29, 0.717) is 23.7 Å². The number of hydrogen-bond donors (Lipinski definition) is 0. The van der Waals surface area contributed by atoms with Crippen LogP contribution in [0.3, 0.4) is 0 Å². The first-order chi connectivity index (χ1) is 6.86. The molecule has 0 saturated heterocycles. The van der Waals surface area contributed by atoms with Crippen LogP contribution in [0, 0.1) is 11.3 Å². The molecule has 0 aromatic heterocycles. The molecule has 0 fully saturated rings. The van der Waals surface area contributed by atoms with Crippen LogP contribution in [0.1, 0.15) is 11.1 Å². The average molecular weight is 191 g/mol. The summed E-state index contributed by atoms with van der Waals surface area (Å²) in [5.74, 6) is 1.16. The Labute approximate surface area is 81.6 Å². The number of rotatable bonds is 2. The molecule has 72 valence electrons. The zero-order valence-electron chi connectivity index (χ0n) is 7.74. The normalized spacial score (nSPS) is 12.6. The van der Waals surface area contributed by atoms with Gasteiger partial charge in [-0.3, -0.25) is 0 Å². The van der Waals surface area contributed by atoms with Crippen LogP contribution in [0.25, 0.3) is 0 Å². The largest absolute Gasteiger partial charge is 0.453 e. The molecule has 0 spiro atoms. The van der Waals surface area contributed by atoms with Gasteiger partial charge in [-0.1, -0.05) is 6.07 Å². The van der Waals surface area contributed by atoms with Gasteiger partial charge in [-0.05, 0) is 6.07 Å². The van der Waals surface area contributed by atoms with Gasteiger partial charge in [0.15, 0.2) is 11.5 Å². The van der Waals surface area contributed by atoms with Crippen molar-refractivity contribution in [1.82, 2.24) is 0 Å². The Bertz CT molecular complexity index is 395. The molecule has 0 radical (unpaired) electrons. The van der Waals surface area contributed by atoms with Crippen molar-refractivity contribution in [3.05, 3.63) is 23.3 Å². The van der Waals surface area contributed by atoms with E-state index in [1.807, 2.05) is 6.07 Å². The van der Waals surface area contributed by atoms with Gasteiger partial charge < -0.3 is 14.2 Å². The van der Waals surface area contributed by atoms with E-state index >= 15 is 0 Å². The van der Waals surface area contributed by atoms with Gasteiger partial charge in [-0.25, -0.2) is 0 Å². The summed E-state index contributed by atoms with van der Waals surface area (Å²) in [5, 5.41) is 8.81. The van der Waals surface area contributed by atoms with Gasteiger partial charge in [0.25, 0.3) is 0 Å². The van der Waals surface area contributed by atoms with E-state index in [4.69, 9.17) is 19.5 Å². The zero-order chi connectivity index (χ0) is 9.97. The predicted octanol–water partition coefficient (Wildman–Crippen LogP) is 1.43. The van der Waals surface area contributed by atoms with E-state index in [1.165, 1.54) is 0 Å². The lowest BCUT2D eigenvalue weighted by molar-refractivity contribution is 0.163. The summed E-state index contributed by atoms with van der Waals surface area (Å²) in [4.78, 5) is 0. The van der Waals surface area contributed by atoms with E-state index < -0.39 is 0 Å². The van der Waals surface area contributed by atoms with Crippen LogP contribution < -0.4 is 9.47 Å². The molecule has 1 aromatic rings. The Morgan fingerprint density at radius 3 is 2.93 bits per heavy atom. The van der Waals surface area contributed by atoms with Crippen LogP contribution in [0.4, 0.5) is 0 Å². The predicted molar refractivity (Wildman–Crippen MR) is 48.0 cm³/mol. The SMILES string of the molecule is COCc1ccc(C#N)c2c1OCO2. The van der Waals surface area contributed by atoms with Crippen molar-refractivity contribution in [2.24, 2.45) is 0 Å². The maximum absolute atomic E-state index is 8.81. The Kier molecular flexibility index (Phi) is 2.25. The number of ether oxygens (including phenoxy) is 3. The summed E-state index contributed by atoms with van der Waals surface area (Å²) in [7, 11) is 1.61. The molecule has 0 bridgehead atoms. The molecule has 4 nitrogen and oxygen atoms in total. The van der Waals surface area contributed by atoms with Crippen LogP contribution in [0.15, 0.2) is 12.1 Å². The molecule has 0 N–H and O–H groups in total. The summed E-state index contributed by atoms with van der Waals surface area (Å²) in [6, 6.07) is 5.58. The quantitative estimate of drug-likeness (QED) is 0.709. The molecule has 1 heterocycles. The fraction of sp³-hybridized carbons (Fsp3) is 0.300. The second-order valence-electron chi connectivity index (χ2n) is 2.88. The molecule has 0 aliphatic carbocycles. The number of nitriles is 1. The smallest absolute Gasteiger partial charge is 0.231 e. The third-order valence-corrected chi connectivity index (χ3v) is 2.02. The van der Waals surface area contributed by atoms with Gasteiger partial charge >= 0.3 is 0 Å². The lowest BCUT2D eigenvalue weighted by Crippen LogP contribution is -1.95. The Balaban J connectivity index is 2.48. The van der Waals surface area contributed by atoms with Gasteiger partial charge in [0.1, 0.15) is 6.07 Å². The van der Waals surface area contributed by atoms with Crippen molar-refractivity contribution in [2.45, 2.75) is 6.61 Å². The number of methoxy groups -OCH3 is 1. The summed E-state index contributed by atoms with van der Waals surface area (Å²) in [5.41, 5.74) is 1.40. The molecule has 4 heteroatoms. The molecule has 0 unspecified atom stereocenters. The van der Waals surface area contributed by atoms with E-state index in [-0.39, 0.29) is 6.79 Å². The Morgan fingerprint density at radius 1 is 1.43 bits per heavy atom. The molecule has 0 atom stereocenters. The summed E-state index contributed by atoms with van der Waals surface area (Å²) >= 11 is 0. The van der Waals surface area contributed by atoms with Gasteiger partial charge in [-0.2, -0.15) is 5.26 Å². The van der Waals surface area contributed by atoms with Crippen molar-refractivity contribution < 1.29 is 14.2 Å². The van der Waals surface area contributed by atoms with Gasteiger partial charge in [-0.15, -0.1) is 0 Å². The molecule has 1 aromatic carbocycles. The summed E-state index contributed by atoms with van der Waals surface area (Å²) in [6.07, 6.45) is 0. The highest BCUT2D eigenvalue weighted by molar-refractivity contribution is 5.57. The summed E-state index contributed by atoms with van der Waals surface area (Å²) < 4.78 is 15.5. The van der Waals surface area contributed by atoms with Crippen molar-refractivity contribution >= 4 is 0 Å². The molecule has 14 heavy (non-hydrogen) atoms. The Hall–Kier alpha value is -1.73. The molecular formula is C10H9NO3. The van der Waals surface area contributed by atoms with Crippen LogP contribution in [0.2, 0.25) is 0 Å². The highest BCUT2D eigenvalue weighted by atomic mass is 16.7. The standard InChI is InChI=1S/C10H9NO3/c1-12-5-8-3-2-7(4-11)9-10(8)14-6-13-9/h2-3H,5-6H2,1H3. The van der Waals surface area contributed by atoms with Gasteiger partial charge in [0.2, 0.25) is 6.79 Å². The third-order valence-electron chi connectivity index (χ3n) is 2.02. The van der Waals surface area contributed by atoms with Crippen LogP contribution in [-0.2, 0) is 11.3 Å². The monoisotopic (exact) mass is 191 g/mol. The lowest BCUT2D eigenvalue weighted by atomic mass is 10.1. The van der Waals surface area contributed by atoms with Crippen LogP contribution in [0.5, 0.6) is 11.5 Å². The lowest BCUT2D eigenvalue weighted by Gasteiger charge is -2.04. The molecular weight excluding hydrogens is 182 g/mol. The number of hydrogen-bond acceptors (Lipinski definition) is 4. The zero-order valence-corrected chi connectivity index (χ0v) is 7.74. The first kappa shape index (κ1) is 8.85. The van der Waals surface area contributed by atoms with Gasteiger partial charge in [0.05, 0.1) is 12.2 Å². The maximum Gasteiger partial charge on any atom is 0.231 e. The summed E-state index contributed by atoms with van der Waals surface area (Å²) in [6.45, 7) is 0.627. The van der Waals surface area contributed by atoms with Crippen LogP contribution >= 0.6 is 0 Å². The number of benzene rings is 1. The number of fused-ring (bicyclic) bond motifs is 1. The highest BCUT2D eigenvalue weighted by Gasteiger charge is 2.21. The molecule has 0 amide bonds. The topological polar surface area (TPSA) is 51.5 Å². The fourth-order valence-electron chi connectivity index (χ4n) is 1.41. The molecule has 0 saturated carbocycles. The van der Waals surface area contributed by atoms with Crippen LogP contribution in [-0.4, -0.2) is 13.9 Å². The number of nitrogens with zero attached hydrogens (tertiary/aromatic N) is 1. The van der Waals surface area contributed by atoms with E-state index in [2.05, 4.69) is 6.07 Å². The first-order valence-electron chi connectivity index (χ1n) is 4.17. The molecule has 1 aliphatic rings. The fourth-order valence-corrected chi connectivity index (χ4v) is 1.41. The third kappa shape index (κ3) is 1.28. The van der Waals surface area contributed by atoms with E-state index in [1.54, 1.807) is 13.2 Å². The molecule has 1 aliphatic heterocycles. The maximum atomic E-state index is 8.81. The van der Waals surface area contributed by atoms with E-state index in [9.17, 15) is 0 Å². The van der Waals surface area contributed by atoms with Gasteiger partial charge in [0, 0.05) is 12.7 Å². The van der Waals surface area contributed by atoms with E-state index in [0.717, 1.165) is 5.56 Å². The highest BCUT2D eigenvalue weighted by Crippen LogP contribution is 2.38. The van der Waals surface area contributed by atoms with Crippen molar-refractivity contribution in [2.75, 3.05) is 13.9 Å². The van der Waals surface area contributed by atoms with Crippen molar-refractivity contribution in [3.8, 4) is 17.6 Å². The minimum absolute atomic E-state index is 0.171. The average Bonchev–Trinajstić information content (AvgIpc) is 2.67. The second kappa shape index (κ2) is 3.56.